The first-order chi connectivity index (χ1) is 5.84. The van der Waals surface area contributed by atoms with Crippen LogP contribution in [-0.4, -0.2) is 28.9 Å². The lowest BCUT2D eigenvalue weighted by atomic mass is 10.3. The number of nitrogens with one attached hydrogen (secondary N) is 1. The smallest absolute Gasteiger partial charge is 0.121 e. The van der Waals surface area contributed by atoms with Crippen molar-refractivity contribution in [3.8, 4) is 0 Å². The molecule has 0 spiro atoms. The SMILES string of the molecule is CSCCNCc1nonc1C. The van der Waals surface area contributed by atoms with Crippen LogP contribution in [0, 0.1) is 6.92 Å². The van der Waals surface area contributed by atoms with Gasteiger partial charge in [0.1, 0.15) is 11.4 Å². The van der Waals surface area contributed by atoms with Crippen LogP contribution >= 0.6 is 11.8 Å². The Hall–Kier alpha value is -0.550. The van der Waals surface area contributed by atoms with Crippen molar-refractivity contribution < 1.29 is 4.63 Å². The van der Waals surface area contributed by atoms with E-state index < -0.39 is 0 Å². The molecule has 4 nitrogen and oxygen atoms in total. The molecule has 68 valence electrons. The van der Waals surface area contributed by atoms with Gasteiger partial charge in [0.15, 0.2) is 0 Å². The van der Waals surface area contributed by atoms with Gasteiger partial charge in [-0.3, -0.25) is 0 Å². The molecule has 0 saturated carbocycles. The third-order valence-corrected chi connectivity index (χ3v) is 2.13. The summed E-state index contributed by atoms with van der Waals surface area (Å²) < 4.78 is 4.56. The molecule has 0 bridgehead atoms. The minimum absolute atomic E-state index is 0.746. The Morgan fingerprint density at radius 2 is 2.33 bits per heavy atom. The van der Waals surface area contributed by atoms with E-state index in [0.717, 1.165) is 30.2 Å². The molecule has 0 aliphatic rings. The molecule has 1 N–H and O–H groups in total. The van der Waals surface area contributed by atoms with Crippen LogP contribution in [0.2, 0.25) is 0 Å². The molecule has 5 heteroatoms. The van der Waals surface area contributed by atoms with Crippen molar-refractivity contribution in [3.63, 3.8) is 0 Å². The zero-order valence-electron chi connectivity index (χ0n) is 7.33. The van der Waals surface area contributed by atoms with E-state index in [1.807, 2.05) is 18.7 Å². The number of rotatable bonds is 5. The van der Waals surface area contributed by atoms with E-state index in [2.05, 4.69) is 26.5 Å². The summed E-state index contributed by atoms with van der Waals surface area (Å²) in [6.45, 7) is 3.63. The highest BCUT2D eigenvalue weighted by Crippen LogP contribution is 1.98. The maximum atomic E-state index is 4.56. The second-order valence-corrected chi connectivity index (χ2v) is 3.45. The van der Waals surface area contributed by atoms with E-state index in [4.69, 9.17) is 0 Å². The molecule has 1 aromatic heterocycles. The number of hydrogen-bond acceptors (Lipinski definition) is 5. The number of nitrogens with zero attached hydrogens (tertiary/aromatic N) is 2. The Kier molecular flexibility index (Phi) is 4.10. The van der Waals surface area contributed by atoms with Crippen LogP contribution in [0.3, 0.4) is 0 Å². The quantitative estimate of drug-likeness (QED) is 0.692. The summed E-state index contributed by atoms with van der Waals surface area (Å²) in [5.41, 5.74) is 1.77. The summed E-state index contributed by atoms with van der Waals surface area (Å²) in [4.78, 5) is 0. The molecule has 1 aromatic rings. The third kappa shape index (κ3) is 2.83. The fraction of sp³-hybridized carbons (Fsp3) is 0.714. The van der Waals surface area contributed by atoms with Gasteiger partial charge in [-0.25, -0.2) is 4.63 Å². The van der Waals surface area contributed by atoms with Gasteiger partial charge in [0, 0.05) is 18.8 Å². The summed E-state index contributed by atoms with van der Waals surface area (Å²) in [6, 6.07) is 0. The molecule has 0 saturated heterocycles. The molecule has 0 radical (unpaired) electrons. The van der Waals surface area contributed by atoms with E-state index in [9.17, 15) is 0 Å². The average Bonchev–Trinajstić information content (AvgIpc) is 2.46. The number of aryl methyl sites for hydroxylation is 1. The highest BCUT2D eigenvalue weighted by Gasteiger charge is 2.02. The van der Waals surface area contributed by atoms with E-state index >= 15 is 0 Å². The van der Waals surface area contributed by atoms with Gasteiger partial charge in [-0.1, -0.05) is 10.3 Å². The minimum Gasteiger partial charge on any atom is -0.310 e. The van der Waals surface area contributed by atoms with Crippen molar-refractivity contribution in [3.05, 3.63) is 11.4 Å². The van der Waals surface area contributed by atoms with Crippen molar-refractivity contribution in [1.29, 1.82) is 0 Å². The van der Waals surface area contributed by atoms with Gasteiger partial charge in [0.2, 0.25) is 0 Å². The van der Waals surface area contributed by atoms with Gasteiger partial charge in [0.05, 0.1) is 0 Å². The lowest BCUT2D eigenvalue weighted by Gasteiger charge is -1.99. The highest BCUT2D eigenvalue weighted by molar-refractivity contribution is 7.98. The fourth-order valence-corrected chi connectivity index (χ4v) is 1.14. The first-order valence-corrected chi connectivity index (χ1v) is 5.21. The van der Waals surface area contributed by atoms with Crippen LogP contribution in [-0.2, 0) is 6.54 Å². The van der Waals surface area contributed by atoms with Crippen molar-refractivity contribution in [2.45, 2.75) is 13.5 Å². The third-order valence-electron chi connectivity index (χ3n) is 1.52. The van der Waals surface area contributed by atoms with Crippen LogP contribution in [0.5, 0.6) is 0 Å². The lowest BCUT2D eigenvalue weighted by molar-refractivity contribution is 0.300. The van der Waals surface area contributed by atoms with Crippen molar-refractivity contribution in [2.75, 3.05) is 18.6 Å². The predicted molar refractivity (Wildman–Crippen MR) is 49.1 cm³/mol. The molecule has 0 amide bonds. The molecule has 0 aliphatic heterocycles. The zero-order valence-corrected chi connectivity index (χ0v) is 8.15. The van der Waals surface area contributed by atoms with E-state index in [-0.39, 0.29) is 0 Å². The Morgan fingerprint density at radius 1 is 1.50 bits per heavy atom. The van der Waals surface area contributed by atoms with Crippen molar-refractivity contribution >= 4 is 11.8 Å². The second kappa shape index (κ2) is 5.16. The lowest BCUT2D eigenvalue weighted by Crippen LogP contribution is -2.17. The molecule has 0 unspecified atom stereocenters. The molecule has 0 aliphatic carbocycles. The molecule has 0 fully saturated rings. The molecular weight excluding hydrogens is 174 g/mol. The van der Waals surface area contributed by atoms with Gasteiger partial charge in [-0.2, -0.15) is 11.8 Å². The molecule has 1 heterocycles. The Labute approximate surface area is 76.1 Å². The normalized spacial score (nSPS) is 10.5. The van der Waals surface area contributed by atoms with Crippen LogP contribution in [0.4, 0.5) is 0 Å². The largest absolute Gasteiger partial charge is 0.310 e. The zero-order chi connectivity index (χ0) is 8.81. The van der Waals surface area contributed by atoms with Gasteiger partial charge in [0.25, 0.3) is 0 Å². The Bertz CT molecular complexity index is 226. The first kappa shape index (κ1) is 9.54. The summed E-state index contributed by atoms with van der Waals surface area (Å²) in [5, 5.41) is 10.7. The number of thioether (sulfide) groups is 1. The van der Waals surface area contributed by atoms with Crippen LogP contribution in [0.15, 0.2) is 4.63 Å². The summed E-state index contributed by atoms with van der Waals surface area (Å²) in [5.74, 6) is 1.12. The molecular formula is C7H13N3OS. The standard InChI is InChI=1S/C7H13N3OS/c1-6-7(10-11-9-6)5-8-3-4-12-2/h8H,3-5H2,1-2H3. The first-order valence-electron chi connectivity index (χ1n) is 3.82. The Morgan fingerprint density at radius 3 is 2.92 bits per heavy atom. The van der Waals surface area contributed by atoms with E-state index in [0.29, 0.717) is 0 Å². The van der Waals surface area contributed by atoms with Crippen LogP contribution in [0.25, 0.3) is 0 Å². The van der Waals surface area contributed by atoms with Crippen LogP contribution in [0.1, 0.15) is 11.4 Å². The molecule has 0 atom stereocenters. The van der Waals surface area contributed by atoms with Crippen molar-refractivity contribution in [1.82, 2.24) is 15.6 Å². The van der Waals surface area contributed by atoms with E-state index in [1.54, 1.807) is 0 Å². The van der Waals surface area contributed by atoms with Gasteiger partial charge in [-0.05, 0) is 13.2 Å². The van der Waals surface area contributed by atoms with Gasteiger partial charge in [-0.15, -0.1) is 0 Å². The van der Waals surface area contributed by atoms with E-state index in [1.165, 1.54) is 0 Å². The maximum Gasteiger partial charge on any atom is 0.121 e. The maximum absolute atomic E-state index is 4.56. The predicted octanol–water partition coefficient (Wildman–Crippen LogP) is 0.831. The van der Waals surface area contributed by atoms with Crippen LogP contribution < -0.4 is 5.32 Å². The number of aromatic nitrogens is 2. The molecule has 0 aromatic carbocycles. The summed E-state index contributed by atoms with van der Waals surface area (Å²) in [6.07, 6.45) is 2.09. The Balaban J connectivity index is 2.20. The van der Waals surface area contributed by atoms with Crippen molar-refractivity contribution in [2.24, 2.45) is 0 Å². The fourth-order valence-electron chi connectivity index (χ4n) is 0.791. The monoisotopic (exact) mass is 187 g/mol. The minimum atomic E-state index is 0.746. The second-order valence-electron chi connectivity index (χ2n) is 2.47. The highest BCUT2D eigenvalue weighted by atomic mass is 32.2. The number of hydrogen-bond donors (Lipinski definition) is 1. The topological polar surface area (TPSA) is 51.0 Å². The molecule has 12 heavy (non-hydrogen) atoms. The van der Waals surface area contributed by atoms with Gasteiger partial charge < -0.3 is 5.32 Å². The van der Waals surface area contributed by atoms with Gasteiger partial charge >= 0.3 is 0 Å². The summed E-state index contributed by atoms with van der Waals surface area (Å²) in [7, 11) is 0. The summed E-state index contributed by atoms with van der Waals surface area (Å²) >= 11 is 1.82. The molecule has 1 rings (SSSR count). The average molecular weight is 187 g/mol.